The average Bonchev–Trinajstić information content (AvgIpc) is 3.05. The number of amides is 2. The van der Waals surface area contributed by atoms with Crippen molar-refractivity contribution in [2.45, 2.75) is 11.5 Å². The average molecular weight is 431 g/mol. The van der Waals surface area contributed by atoms with E-state index >= 15 is 0 Å². The highest BCUT2D eigenvalue weighted by atomic mass is 35.5. The maximum absolute atomic E-state index is 13.7. The van der Waals surface area contributed by atoms with E-state index in [-0.39, 0.29) is 4.92 Å². The molecule has 0 spiro atoms. The number of halogens is 1. The molecule has 7 rings (SSSR count). The molecule has 1 saturated heterocycles. The van der Waals surface area contributed by atoms with Gasteiger partial charge in [-0.15, -0.1) is 0 Å². The van der Waals surface area contributed by atoms with Crippen molar-refractivity contribution in [3.05, 3.63) is 110 Å². The first kappa shape index (κ1) is 18.3. The summed E-state index contributed by atoms with van der Waals surface area (Å²) in [5.74, 6) is -3.30. The van der Waals surface area contributed by atoms with Crippen molar-refractivity contribution < 1.29 is 14.5 Å². The van der Waals surface area contributed by atoms with Gasteiger partial charge >= 0.3 is 0 Å². The van der Waals surface area contributed by atoms with E-state index in [1.807, 2.05) is 24.3 Å². The lowest BCUT2D eigenvalue weighted by atomic mass is 9.51. The van der Waals surface area contributed by atoms with E-state index in [1.165, 1.54) is 0 Å². The Kier molecular flexibility index (Phi) is 3.55. The van der Waals surface area contributed by atoms with Crippen LogP contribution in [0.1, 0.15) is 28.2 Å². The Morgan fingerprint density at radius 3 is 1.94 bits per heavy atom. The van der Waals surface area contributed by atoms with Gasteiger partial charge in [0, 0.05) is 27.0 Å². The molecule has 2 atom stereocenters. The van der Waals surface area contributed by atoms with Gasteiger partial charge in [0.2, 0.25) is 11.8 Å². The molecular formula is C24H15ClN2O4. The van der Waals surface area contributed by atoms with E-state index in [0.29, 0.717) is 21.8 Å². The van der Waals surface area contributed by atoms with Gasteiger partial charge in [-0.25, -0.2) is 4.90 Å². The lowest BCUT2D eigenvalue weighted by Crippen LogP contribution is -2.57. The first-order chi connectivity index (χ1) is 15.0. The molecule has 0 N–H and O–H groups in total. The standard InChI is InChI=1S/C24H15ClN2O4/c25-13-9-11-14(12-10-13)26-22(28)20-19-15-5-1-3-7-17(15)24(27(30)31,21(20)23(26)29)18-8-4-2-6-16(18)19/h1-12,19-21H/t19?,20-,21-,24?/m1/s1. The monoisotopic (exact) mass is 430 g/mol. The molecule has 1 heterocycles. The van der Waals surface area contributed by atoms with Crippen molar-refractivity contribution in [3.8, 4) is 0 Å². The lowest BCUT2D eigenvalue weighted by molar-refractivity contribution is -0.578. The van der Waals surface area contributed by atoms with Crippen LogP contribution in [0, 0.1) is 22.0 Å². The van der Waals surface area contributed by atoms with Crippen LogP contribution in [0.25, 0.3) is 0 Å². The van der Waals surface area contributed by atoms with E-state index in [1.54, 1.807) is 48.5 Å². The molecule has 3 aliphatic carbocycles. The molecule has 2 bridgehead atoms. The van der Waals surface area contributed by atoms with Crippen molar-refractivity contribution in [2.75, 3.05) is 4.90 Å². The first-order valence-corrected chi connectivity index (χ1v) is 10.3. The predicted octanol–water partition coefficient (Wildman–Crippen LogP) is 4.13. The number of imide groups is 1. The summed E-state index contributed by atoms with van der Waals surface area (Å²) in [7, 11) is 0. The van der Waals surface area contributed by atoms with Gasteiger partial charge in [-0.2, -0.15) is 0 Å². The maximum atomic E-state index is 13.7. The Hall–Kier alpha value is -3.51. The molecule has 6 nitrogen and oxygen atoms in total. The van der Waals surface area contributed by atoms with Gasteiger partial charge in [0.1, 0.15) is 5.92 Å². The number of nitro groups is 1. The second-order valence-electron chi connectivity index (χ2n) is 8.17. The van der Waals surface area contributed by atoms with Crippen LogP contribution in [0.5, 0.6) is 0 Å². The van der Waals surface area contributed by atoms with Gasteiger partial charge in [0.05, 0.1) is 11.6 Å². The number of rotatable bonds is 2. The molecule has 0 saturated carbocycles. The topological polar surface area (TPSA) is 80.5 Å². The van der Waals surface area contributed by atoms with Crippen LogP contribution in [0.4, 0.5) is 5.69 Å². The molecule has 31 heavy (non-hydrogen) atoms. The molecular weight excluding hydrogens is 416 g/mol. The molecule has 4 aliphatic rings. The second kappa shape index (κ2) is 6.02. The Labute approximate surface area is 182 Å². The Morgan fingerprint density at radius 2 is 1.39 bits per heavy atom. The number of hydrogen-bond donors (Lipinski definition) is 0. The van der Waals surface area contributed by atoms with Crippen molar-refractivity contribution >= 4 is 29.1 Å². The van der Waals surface area contributed by atoms with E-state index in [2.05, 4.69) is 0 Å². The number of carbonyl (C=O) groups excluding carboxylic acids is 2. The summed E-state index contributed by atoms with van der Waals surface area (Å²) in [6.07, 6.45) is 0. The molecule has 3 aromatic rings. The Morgan fingerprint density at radius 1 is 0.839 bits per heavy atom. The lowest BCUT2D eigenvalue weighted by Gasteiger charge is -2.48. The Bertz CT molecular complexity index is 1260. The fourth-order valence-corrected chi connectivity index (χ4v) is 6.01. The van der Waals surface area contributed by atoms with Crippen LogP contribution in [0.2, 0.25) is 5.02 Å². The zero-order chi connectivity index (χ0) is 21.5. The zero-order valence-corrected chi connectivity index (χ0v) is 16.8. The van der Waals surface area contributed by atoms with E-state index in [9.17, 15) is 19.7 Å². The SMILES string of the molecule is O=C1[C@@H]2C3c4ccccc4C([N+](=O)[O-])(c4ccccc43)[C@H]2C(=O)N1c1ccc(Cl)cc1. The van der Waals surface area contributed by atoms with Gasteiger partial charge in [0.25, 0.3) is 5.54 Å². The van der Waals surface area contributed by atoms with Gasteiger partial charge < -0.3 is 0 Å². The first-order valence-electron chi connectivity index (χ1n) is 9.94. The third-order valence-electron chi connectivity index (χ3n) is 6.95. The largest absolute Gasteiger partial charge is 0.285 e. The molecule has 1 aliphatic heterocycles. The fourth-order valence-electron chi connectivity index (χ4n) is 5.89. The van der Waals surface area contributed by atoms with Crippen LogP contribution in [0.3, 0.4) is 0 Å². The minimum atomic E-state index is -1.81. The number of hydrogen-bond acceptors (Lipinski definition) is 4. The number of benzene rings is 3. The van der Waals surface area contributed by atoms with Crippen LogP contribution < -0.4 is 4.90 Å². The minimum Gasteiger partial charge on any atom is -0.274 e. The second-order valence-corrected chi connectivity index (χ2v) is 8.60. The minimum absolute atomic E-state index is 0.367. The number of anilines is 1. The molecule has 152 valence electrons. The molecule has 0 aromatic heterocycles. The highest BCUT2D eigenvalue weighted by Gasteiger charge is 2.74. The van der Waals surface area contributed by atoms with E-state index < -0.39 is 35.1 Å². The summed E-state index contributed by atoms with van der Waals surface area (Å²) in [5.41, 5.74) is 1.07. The van der Waals surface area contributed by atoms with Crippen molar-refractivity contribution in [1.82, 2.24) is 0 Å². The van der Waals surface area contributed by atoms with Crippen molar-refractivity contribution in [3.63, 3.8) is 0 Å². The van der Waals surface area contributed by atoms with Gasteiger partial charge in [-0.3, -0.25) is 19.7 Å². The van der Waals surface area contributed by atoms with Gasteiger partial charge in [0.15, 0.2) is 0 Å². The van der Waals surface area contributed by atoms with E-state index in [4.69, 9.17) is 11.6 Å². The highest BCUT2D eigenvalue weighted by Crippen LogP contribution is 2.64. The molecule has 2 amide bonds. The smallest absolute Gasteiger partial charge is 0.274 e. The maximum Gasteiger partial charge on any atom is 0.285 e. The summed E-state index contributed by atoms with van der Waals surface area (Å²) in [5, 5.41) is 13.3. The Balaban J connectivity index is 1.67. The third-order valence-corrected chi connectivity index (χ3v) is 7.20. The third kappa shape index (κ3) is 2.03. The predicted molar refractivity (Wildman–Crippen MR) is 113 cm³/mol. The number of nitrogens with zero attached hydrogens (tertiary/aromatic N) is 2. The highest BCUT2D eigenvalue weighted by molar-refractivity contribution is 6.31. The summed E-state index contributed by atoms with van der Waals surface area (Å²) in [6, 6.07) is 20.7. The van der Waals surface area contributed by atoms with Gasteiger partial charge in [-0.1, -0.05) is 60.1 Å². The zero-order valence-electron chi connectivity index (χ0n) is 16.1. The van der Waals surface area contributed by atoms with Crippen LogP contribution in [-0.4, -0.2) is 16.7 Å². The molecule has 1 fully saturated rings. The fraction of sp³-hybridized carbons (Fsp3) is 0.167. The molecule has 0 radical (unpaired) electrons. The quantitative estimate of drug-likeness (QED) is 0.348. The molecule has 0 unspecified atom stereocenters. The summed E-state index contributed by atoms with van der Waals surface area (Å²) >= 11 is 5.98. The molecule has 3 aromatic carbocycles. The molecule has 7 heteroatoms. The van der Waals surface area contributed by atoms with Crippen molar-refractivity contribution in [1.29, 1.82) is 0 Å². The van der Waals surface area contributed by atoms with E-state index in [0.717, 1.165) is 16.0 Å². The number of carbonyl (C=O) groups is 2. The summed E-state index contributed by atoms with van der Waals surface area (Å²) in [6.45, 7) is 0. The van der Waals surface area contributed by atoms with Crippen LogP contribution >= 0.6 is 11.6 Å². The van der Waals surface area contributed by atoms with Crippen LogP contribution in [-0.2, 0) is 15.1 Å². The van der Waals surface area contributed by atoms with Crippen LogP contribution in [0.15, 0.2) is 72.8 Å². The van der Waals surface area contributed by atoms with Gasteiger partial charge in [-0.05, 0) is 35.4 Å². The van der Waals surface area contributed by atoms with Crippen molar-refractivity contribution in [2.24, 2.45) is 11.8 Å². The summed E-state index contributed by atoms with van der Waals surface area (Å²) in [4.78, 5) is 41.0. The normalized spacial score (nSPS) is 27.6. The summed E-state index contributed by atoms with van der Waals surface area (Å²) < 4.78 is 0.